The Morgan fingerprint density at radius 1 is 0.524 bits per heavy atom. The Morgan fingerprint density at radius 3 is 2.00 bits per heavy atom. The predicted molar refractivity (Wildman–Crippen MR) is 173 cm³/mol. The number of para-hydroxylation sites is 2. The quantitative estimate of drug-likeness (QED) is 0.197. The minimum absolute atomic E-state index is 0.693. The molecule has 5 aromatic carbocycles. The van der Waals surface area contributed by atoms with E-state index < -0.39 is 15.0 Å². The maximum absolute atomic E-state index is 6.67. The standard InChI is InChI=1S/C16H12O.C10H9N2.C10H9NO.Al/c17-16-9-8-14-10-13(6-7-15(14)11-16)12-4-2-1-3-5-12;1-7-5-6-8-3-2-4-9(11)10(8)12-7;1-7-5-6-8-3-2-4-9(12)10(8)11-7;/h1-11,17H;2-6,11H,1H3;2-6,12H,1H3;/q;-1;;+3/p-2. The highest BCUT2D eigenvalue weighted by Crippen LogP contribution is 2.30. The first-order chi connectivity index (χ1) is 20.6. The molecule has 6 heteroatoms. The topological polar surface area (TPSA) is 56.3 Å². The first-order valence-electron chi connectivity index (χ1n) is 14.0. The monoisotopic (exact) mass is 561 g/mol. The molecular weight excluding hydrogens is 533 g/mol. The van der Waals surface area contributed by atoms with Crippen molar-refractivity contribution in [3.63, 3.8) is 0 Å². The largest absolute Gasteiger partial charge is 1.04 e. The van der Waals surface area contributed by atoms with E-state index in [1.165, 1.54) is 11.1 Å². The van der Waals surface area contributed by atoms with Crippen molar-refractivity contribution in [3.8, 4) is 22.6 Å². The van der Waals surface area contributed by atoms with Crippen molar-refractivity contribution >= 4 is 53.3 Å². The number of hydrogen-bond acceptors (Lipinski definition) is 5. The molecule has 0 unspecified atom stereocenters. The van der Waals surface area contributed by atoms with E-state index in [0.29, 0.717) is 5.75 Å². The van der Waals surface area contributed by atoms with E-state index in [0.717, 1.165) is 55.4 Å². The van der Waals surface area contributed by atoms with Gasteiger partial charge in [-0.2, -0.15) is 0 Å². The van der Waals surface area contributed by atoms with E-state index in [-0.39, 0.29) is 0 Å². The Bertz CT molecular complexity index is 1980. The van der Waals surface area contributed by atoms with Gasteiger partial charge in [0.1, 0.15) is 11.3 Å². The van der Waals surface area contributed by atoms with Crippen LogP contribution in [0.3, 0.4) is 0 Å². The molecule has 0 atom stereocenters. The lowest BCUT2D eigenvalue weighted by molar-refractivity contribution is 0.433. The molecule has 0 spiro atoms. The fourth-order valence-corrected chi connectivity index (χ4v) is 6.70. The number of benzene rings is 5. The summed E-state index contributed by atoms with van der Waals surface area (Å²) in [5, 5.41) is 4.33. The molecule has 1 N–H and O–H groups in total. The predicted octanol–water partition coefficient (Wildman–Crippen LogP) is 8.77. The zero-order valence-electron chi connectivity index (χ0n) is 23.4. The maximum Gasteiger partial charge on any atom is 1.04 e. The highest BCUT2D eigenvalue weighted by Gasteiger charge is 2.38. The van der Waals surface area contributed by atoms with Gasteiger partial charge < -0.3 is 11.9 Å². The number of hydrogen-bond donors (Lipinski definition) is 1. The van der Waals surface area contributed by atoms with Gasteiger partial charge in [-0.3, -0.25) is 4.98 Å². The first kappa shape index (κ1) is 26.0. The van der Waals surface area contributed by atoms with Crippen LogP contribution in [0.15, 0.2) is 127 Å². The molecule has 2 aromatic heterocycles. The Kier molecular flexibility index (Phi) is 6.93. The highest BCUT2D eigenvalue weighted by molar-refractivity contribution is 6.51. The Morgan fingerprint density at radius 2 is 1.19 bits per heavy atom. The highest BCUT2D eigenvalue weighted by atomic mass is 27.2. The third kappa shape index (κ3) is 5.38. The van der Waals surface area contributed by atoms with Crippen LogP contribution in [0.25, 0.3) is 43.7 Å². The molecule has 0 amide bonds. The summed E-state index contributed by atoms with van der Waals surface area (Å²) in [4.78, 5) is 9.59. The molecule has 5 nitrogen and oxygen atoms in total. The van der Waals surface area contributed by atoms with Gasteiger partial charge >= 0.3 is 15.0 Å². The van der Waals surface area contributed by atoms with E-state index in [2.05, 4.69) is 77.1 Å². The smallest absolute Gasteiger partial charge is 0.594 e. The van der Waals surface area contributed by atoms with Gasteiger partial charge in [-0.25, -0.2) is 4.98 Å². The second-order valence-corrected chi connectivity index (χ2v) is 11.8. The van der Waals surface area contributed by atoms with Gasteiger partial charge in [0.2, 0.25) is 0 Å². The Hall–Kier alpha value is -4.89. The molecule has 0 aliphatic heterocycles. The molecule has 0 aliphatic carbocycles. The minimum Gasteiger partial charge on any atom is -0.594 e. The first-order valence-corrected chi connectivity index (χ1v) is 15.5. The van der Waals surface area contributed by atoms with Crippen molar-refractivity contribution in [3.05, 3.63) is 139 Å². The number of fused-ring (bicyclic) bond motifs is 3. The number of aryl methyl sites for hydroxylation is 2. The van der Waals surface area contributed by atoms with Crippen LogP contribution in [-0.2, 0) is 0 Å². The summed E-state index contributed by atoms with van der Waals surface area (Å²) in [6.45, 7) is 3.99. The molecule has 2 heterocycles. The molecular formula is C36H28AlN3O2. The van der Waals surface area contributed by atoms with Crippen LogP contribution >= 0.6 is 0 Å². The summed E-state index contributed by atoms with van der Waals surface area (Å²) in [6, 6.07) is 43.4. The third-order valence-electron chi connectivity index (χ3n) is 7.35. The second kappa shape index (κ2) is 11.2. The van der Waals surface area contributed by atoms with Crippen LogP contribution in [0, 0.1) is 13.8 Å². The number of nitrogens with one attached hydrogen (secondary N) is 1. The lowest BCUT2D eigenvalue weighted by Crippen LogP contribution is -2.39. The molecule has 42 heavy (non-hydrogen) atoms. The van der Waals surface area contributed by atoms with Crippen LogP contribution in [0.2, 0.25) is 0 Å². The summed E-state index contributed by atoms with van der Waals surface area (Å²) in [5.74, 6) is 1.44. The Balaban J connectivity index is 1.25. The summed E-state index contributed by atoms with van der Waals surface area (Å²) >= 11 is -2.63. The van der Waals surface area contributed by atoms with E-state index in [4.69, 9.17) is 17.5 Å². The molecule has 0 aliphatic rings. The van der Waals surface area contributed by atoms with Crippen LogP contribution in [0.4, 0.5) is 5.69 Å². The molecule has 0 saturated carbocycles. The molecule has 0 saturated heterocycles. The fourth-order valence-electron chi connectivity index (χ4n) is 5.23. The average Bonchev–Trinajstić information content (AvgIpc) is 3.02. The van der Waals surface area contributed by atoms with Gasteiger partial charge in [-0.1, -0.05) is 84.9 Å². The van der Waals surface area contributed by atoms with Crippen molar-refractivity contribution in [2.24, 2.45) is 0 Å². The van der Waals surface area contributed by atoms with E-state index >= 15 is 0 Å². The molecule has 7 rings (SSSR count). The van der Waals surface area contributed by atoms with Crippen LogP contribution in [0.1, 0.15) is 11.4 Å². The van der Waals surface area contributed by atoms with Crippen molar-refractivity contribution < 1.29 is 7.58 Å². The number of aromatic nitrogens is 2. The molecule has 0 radical (unpaired) electrons. The number of nitrogens with zero attached hydrogens (tertiary/aromatic N) is 2. The normalized spacial score (nSPS) is 11.1. The number of rotatable bonds is 7. The van der Waals surface area contributed by atoms with Gasteiger partial charge in [-0.15, -0.1) is 0 Å². The van der Waals surface area contributed by atoms with Crippen LogP contribution < -0.4 is 11.9 Å². The van der Waals surface area contributed by atoms with Gasteiger partial charge in [0, 0.05) is 27.8 Å². The molecule has 202 valence electrons. The minimum atomic E-state index is -2.63. The fraction of sp³-hybridized carbons (Fsp3) is 0.0556. The van der Waals surface area contributed by atoms with E-state index in [1.807, 2.05) is 68.4 Å². The zero-order valence-corrected chi connectivity index (χ0v) is 24.6. The lowest BCUT2D eigenvalue weighted by atomic mass is 10.0. The Labute approximate surface area is 249 Å². The zero-order chi connectivity index (χ0) is 28.5. The molecule has 0 fully saturated rings. The average molecular weight is 562 g/mol. The van der Waals surface area contributed by atoms with Gasteiger partial charge in [-0.05, 0) is 78.2 Å². The number of pyridine rings is 2. The summed E-state index contributed by atoms with van der Waals surface area (Å²) in [6.07, 6.45) is 0. The van der Waals surface area contributed by atoms with Crippen molar-refractivity contribution in [1.29, 1.82) is 0 Å². The SMILES string of the molecule is Cc1ccc2cccc([NH][Al]([O]c3ccc4cc(-c5ccccc5)ccc4c3)[O]c3cccc4ccc(C)nc34)c2n1. The van der Waals surface area contributed by atoms with E-state index in [1.54, 1.807) is 0 Å². The lowest BCUT2D eigenvalue weighted by Gasteiger charge is -2.19. The van der Waals surface area contributed by atoms with Crippen LogP contribution in [0.5, 0.6) is 11.5 Å². The summed E-state index contributed by atoms with van der Waals surface area (Å²) < 4.78 is 16.9. The van der Waals surface area contributed by atoms with Gasteiger partial charge in [0.15, 0.2) is 0 Å². The van der Waals surface area contributed by atoms with Crippen molar-refractivity contribution in [1.82, 2.24) is 9.97 Å². The second-order valence-electron chi connectivity index (χ2n) is 10.4. The van der Waals surface area contributed by atoms with Crippen molar-refractivity contribution in [2.75, 3.05) is 4.30 Å². The third-order valence-corrected chi connectivity index (χ3v) is 8.85. The van der Waals surface area contributed by atoms with Gasteiger partial charge in [0.05, 0.1) is 11.3 Å². The molecule has 7 aromatic rings. The maximum atomic E-state index is 6.67. The van der Waals surface area contributed by atoms with Crippen LogP contribution in [-0.4, -0.2) is 25.0 Å². The summed E-state index contributed by atoms with van der Waals surface area (Å²) in [7, 11) is 0. The van der Waals surface area contributed by atoms with Crippen molar-refractivity contribution in [2.45, 2.75) is 13.8 Å². The summed E-state index contributed by atoms with van der Waals surface area (Å²) in [5.41, 5.74) is 6.86. The molecule has 0 bridgehead atoms. The number of anilines is 1. The van der Waals surface area contributed by atoms with E-state index in [9.17, 15) is 0 Å². The van der Waals surface area contributed by atoms with Gasteiger partial charge in [0.25, 0.3) is 0 Å².